The Bertz CT molecular complexity index is 438. The van der Waals surface area contributed by atoms with Crippen LogP contribution in [0.3, 0.4) is 0 Å². The molecule has 0 spiro atoms. The molecule has 1 aliphatic rings. The summed E-state index contributed by atoms with van der Waals surface area (Å²) in [5, 5.41) is 0. The minimum atomic E-state index is 0.259. The number of rotatable bonds is 3. The normalized spacial score (nSPS) is 16.4. The summed E-state index contributed by atoms with van der Waals surface area (Å²) >= 11 is 0. The molecule has 0 aliphatic heterocycles. The molecular weight excluding hydrogens is 196 g/mol. The number of carbonyl (C=O) groups is 1. The molecule has 0 amide bonds. The molecule has 0 fully saturated rings. The first-order valence-corrected chi connectivity index (χ1v) is 5.79. The molecule has 0 unspecified atom stereocenters. The molecule has 0 saturated carbocycles. The first-order chi connectivity index (χ1) is 7.79. The van der Waals surface area contributed by atoms with Gasteiger partial charge in [-0.05, 0) is 35.6 Å². The zero-order chi connectivity index (χ0) is 11.4. The SMILES string of the molecule is CC/C(=C/C1=CC(=O)CC1)c1ccccc1. The fourth-order valence-corrected chi connectivity index (χ4v) is 2.00. The molecule has 1 aliphatic carbocycles. The number of benzene rings is 1. The second-order valence-electron chi connectivity index (χ2n) is 4.07. The first-order valence-electron chi connectivity index (χ1n) is 5.79. The number of hydrogen-bond donors (Lipinski definition) is 0. The van der Waals surface area contributed by atoms with Crippen LogP contribution in [-0.2, 0) is 4.79 Å². The number of hydrogen-bond acceptors (Lipinski definition) is 1. The van der Waals surface area contributed by atoms with Gasteiger partial charge in [0.15, 0.2) is 5.78 Å². The fraction of sp³-hybridized carbons (Fsp3) is 0.267. The lowest BCUT2D eigenvalue weighted by Crippen LogP contribution is -1.83. The maximum Gasteiger partial charge on any atom is 0.156 e. The van der Waals surface area contributed by atoms with E-state index >= 15 is 0 Å². The van der Waals surface area contributed by atoms with Gasteiger partial charge in [-0.2, -0.15) is 0 Å². The van der Waals surface area contributed by atoms with Crippen molar-refractivity contribution in [1.82, 2.24) is 0 Å². The van der Waals surface area contributed by atoms with E-state index in [0.29, 0.717) is 6.42 Å². The Labute approximate surface area is 96.5 Å². The maximum absolute atomic E-state index is 11.2. The lowest BCUT2D eigenvalue weighted by Gasteiger charge is -2.05. The minimum Gasteiger partial charge on any atom is -0.295 e. The molecule has 82 valence electrons. The van der Waals surface area contributed by atoms with Gasteiger partial charge >= 0.3 is 0 Å². The lowest BCUT2D eigenvalue weighted by atomic mass is 10.0. The molecule has 2 rings (SSSR count). The Kier molecular flexibility index (Phi) is 3.35. The van der Waals surface area contributed by atoms with Gasteiger partial charge in [0.25, 0.3) is 0 Å². The first kappa shape index (κ1) is 10.9. The van der Waals surface area contributed by atoms with Crippen LogP contribution in [0.5, 0.6) is 0 Å². The highest BCUT2D eigenvalue weighted by Gasteiger charge is 2.10. The highest BCUT2D eigenvalue weighted by molar-refractivity contribution is 5.94. The molecule has 1 aromatic carbocycles. The van der Waals surface area contributed by atoms with Crippen molar-refractivity contribution in [3.63, 3.8) is 0 Å². The van der Waals surface area contributed by atoms with Gasteiger partial charge in [-0.1, -0.05) is 43.3 Å². The van der Waals surface area contributed by atoms with Crippen LogP contribution in [0, 0.1) is 0 Å². The van der Waals surface area contributed by atoms with Crippen LogP contribution in [0.1, 0.15) is 31.7 Å². The summed E-state index contributed by atoms with van der Waals surface area (Å²) in [5.74, 6) is 0.259. The molecule has 0 atom stereocenters. The molecular formula is C15H16O. The molecule has 1 heteroatoms. The van der Waals surface area contributed by atoms with Crippen LogP contribution in [0.15, 0.2) is 48.1 Å². The van der Waals surface area contributed by atoms with E-state index in [2.05, 4.69) is 25.1 Å². The second-order valence-corrected chi connectivity index (χ2v) is 4.07. The van der Waals surface area contributed by atoms with E-state index in [1.165, 1.54) is 16.7 Å². The Balaban J connectivity index is 2.26. The average Bonchev–Trinajstić information content (AvgIpc) is 2.73. The Hall–Kier alpha value is -1.63. The zero-order valence-electron chi connectivity index (χ0n) is 9.57. The summed E-state index contributed by atoms with van der Waals surface area (Å²) in [6.45, 7) is 2.15. The number of allylic oxidation sites excluding steroid dienone is 4. The monoisotopic (exact) mass is 212 g/mol. The quantitative estimate of drug-likeness (QED) is 0.745. The fourth-order valence-electron chi connectivity index (χ4n) is 2.00. The van der Waals surface area contributed by atoms with Gasteiger partial charge in [-0.25, -0.2) is 0 Å². The van der Waals surface area contributed by atoms with Gasteiger partial charge in [0, 0.05) is 6.42 Å². The van der Waals surface area contributed by atoms with Crippen LogP contribution in [0.2, 0.25) is 0 Å². The third-order valence-corrected chi connectivity index (χ3v) is 2.89. The Morgan fingerprint density at radius 2 is 2.00 bits per heavy atom. The smallest absolute Gasteiger partial charge is 0.156 e. The molecule has 0 N–H and O–H groups in total. The molecule has 0 saturated heterocycles. The van der Waals surface area contributed by atoms with Crippen molar-refractivity contribution < 1.29 is 4.79 Å². The molecule has 0 bridgehead atoms. The highest BCUT2D eigenvalue weighted by atomic mass is 16.1. The highest BCUT2D eigenvalue weighted by Crippen LogP contribution is 2.24. The van der Waals surface area contributed by atoms with Crippen LogP contribution in [0.4, 0.5) is 0 Å². The van der Waals surface area contributed by atoms with Gasteiger partial charge in [-0.15, -0.1) is 0 Å². The molecule has 0 heterocycles. The van der Waals surface area contributed by atoms with Crippen molar-refractivity contribution in [2.75, 3.05) is 0 Å². The second kappa shape index (κ2) is 4.93. The van der Waals surface area contributed by atoms with E-state index in [1.54, 1.807) is 6.08 Å². The Morgan fingerprint density at radius 1 is 1.25 bits per heavy atom. The van der Waals surface area contributed by atoms with E-state index in [0.717, 1.165) is 12.8 Å². The molecule has 0 radical (unpaired) electrons. The van der Waals surface area contributed by atoms with Gasteiger partial charge in [0.2, 0.25) is 0 Å². The number of carbonyl (C=O) groups excluding carboxylic acids is 1. The molecule has 16 heavy (non-hydrogen) atoms. The van der Waals surface area contributed by atoms with Crippen molar-refractivity contribution in [3.8, 4) is 0 Å². The van der Waals surface area contributed by atoms with Crippen LogP contribution in [-0.4, -0.2) is 5.78 Å². The summed E-state index contributed by atoms with van der Waals surface area (Å²) in [7, 11) is 0. The lowest BCUT2D eigenvalue weighted by molar-refractivity contribution is -0.114. The summed E-state index contributed by atoms with van der Waals surface area (Å²) in [5.41, 5.74) is 3.73. The summed E-state index contributed by atoms with van der Waals surface area (Å²) in [6, 6.07) is 10.4. The molecule has 1 nitrogen and oxygen atoms in total. The van der Waals surface area contributed by atoms with E-state index in [1.807, 2.05) is 18.2 Å². The van der Waals surface area contributed by atoms with Crippen molar-refractivity contribution in [3.05, 3.63) is 53.6 Å². The van der Waals surface area contributed by atoms with E-state index in [9.17, 15) is 4.79 Å². The van der Waals surface area contributed by atoms with Gasteiger partial charge in [-0.3, -0.25) is 4.79 Å². The molecule has 1 aromatic rings. The topological polar surface area (TPSA) is 17.1 Å². The minimum absolute atomic E-state index is 0.259. The van der Waals surface area contributed by atoms with Gasteiger partial charge in [0.05, 0.1) is 0 Å². The van der Waals surface area contributed by atoms with Crippen molar-refractivity contribution in [2.45, 2.75) is 26.2 Å². The zero-order valence-corrected chi connectivity index (χ0v) is 9.57. The van der Waals surface area contributed by atoms with Crippen molar-refractivity contribution in [1.29, 1.82) is 0 Å². The maximum atomic E-state index is 11.2. The van der Waals surface area contributed by atoms with Crippen LogP contribution < -0.4 is 0 Å². The van der Waals surface area contributed by atoms with Crippen LogP contribution in [0.25, 0.3) is 5.57 Å². The van der Waals surface area contributed by atoms with Gasteiger partial charge < -0.3 is 0 Å². The average molecular weight is 212 g/mol. The molecule has 0 aromatic heterocycles. The van der Waals surface area contributed by atoms with E-state index in [-0.39, 0.29) is 5.78 Å². The predicted molar refractivity (Wildman–Crippen MR) is 67.0 cm³/mol. The van der Waals surface area contributed by atoms with E-state index in [4.69, 9.17) is 0 Å². The van der Waals surface area contributed by atoms with Gasteiger partial charge in [0.1, 0.15) is 0 Å². The summed E-state index contributed by atoms with van der Waals surface area (Å²) < 4.78 is 0. The summed E-state index contributed by atoms with van der Waals surface area (Å²) in [6.07, 6.45) is 6.52. The standard InChI is InChI=1S/C15H16O/c1-2-13(14-6-4-3-5-7-14)10-12-8-9-15(16)11-12/h3-7,10-11H,2,8-9H2,1H3/b13-10-. The van der Waals surface area contributed by atoms with Crippen LogP contribution >= 0.6 is 0 Å². The van der Waals surface area contributed by atoms with Crippen molar-refractivity contribution >= 4 is 11.4 Å². The third kappa shape index (κ3) is 2.48. The van der Waals surface area contributed by atoms with E-state index < -0.39 is 0 Å². The Morgan fingerprint density at radius 3 is 2.56 bits per heavy atom. The summed E-state index contributed by atoms with van der Waals surface area (Å²) in [4.78, 5) is 11.2. The van der Waals surface area contributed by atoms with Crippen molar-refractivity contribution in [2.24, 2.45) is 0 Å². The number of ketones is 1. The predicted octanol–water partition coefficient (Wildman–Crippen LogP) is 3.77. The largest absolute Gasteiger partial charge is 0.295 e. The third-order valence-electron chi connectivity index (χ3n) is 2.89.